The molecule has 0 saturated carbocycles. The van der Waals surface area contributed by atoms with E-state index >= 15 is 0 Å². The summed E-state index contributed by atoms with van der Waals surface area (Å²) >= 11 is 1.43. The van der Waals surface area contributed by atoms with Crippen LogP contribution in [-0.4, -0.2) is 41.0 Å². The predicted octanol–water partition coefficient (Wildman–Crippen LogP) is 0.965. The number of amides is 1. The van der Waals surface area contributed by atoms with Crippen molar-refractivity contribution in [2.75, 3.05) is 13.1 Å². The van der Waals surface area contributed by atoms with Gasteiger partial charge in [-0.2, -0.15) is 0 Å². The zero-order valence-corrected chi connectivity index (χ0v) is 10.0. The Hall–Kier alpha value is -0.940. The smallest absolute Gasteiger partial charge is 0.266 e. The zero-order valence-electron chi connectivity index (χ0n) is 9.22. The van der Waals surface area contributed by atoms with Crippen LogP contribution in [0.25, 0.3) is 0 Å². The number of hydrogen-bond donors (Lipinski definition) is 1. The summed E-state index contributed by atoms with van der Waals surface area (Å²) in [5.74, 6) is 0.804. The summed E-state index contributed by atoms with van der Waals surface area (Å²) in [6.45, 7) is 4.15. The molecule has 2 aliphatic heterocycles. The van der Waals surface area contributed by atoms with Gasteiger partial charge < -0.3 is 10.2 Å². The van der Waals surface area contributed by atoms with Crippen molar-refractivity contribution >= 4 is 17.2 Å². The van der Waals surface area contributed by atoms with Crippen LogP contribution in [0, 0.1) is 5.92 Å². The van der Waals surface area contributed by atoms with Crippen molar-refractivity contribution in [2.24, 2.45) is 5.92 Å². The number of rotatable bonds is 1. The summed E-state index contributed by atoms with van der Waals surface area (Å²) in [4.78, 5) is 19.1. The molecule has 2 saturated heterocycles. The normalized spacial score (nSPS) is 33.1. The Bertz CT molecular complexity index is 392. The summed E-state index contributed by atoms with van der Waals surface area (Å²) in [6, 6.07) is 0.760. The number of carbonyl (C=O) groups is 1. The van der Waals surface area contributed by atoms with Crippen LogP contribution >= 0.6 is 11.3 Å². The van der Waals surface area contributed by atoms with E-state index in [0.717, 1.165) is 24.4 Å². The molecular formula is C11H15N3OS. The lowest BCUT2D eigenvalue weighted by molar-refractivity contribution is 0.0687. The van der Waals surface area contributed by atoms with E-state index in [1.165, 1.54) is 11.3 Å². The van der Waals surface area contributed by atoms with Crippen molar-refractivity contribution in [3.8, 4) is 0 Å². The molecule has 0 radical (unpaired) electrons. The average Bonchev–Trinajstić information content (AvgIpc) is 2.89. The summed E-state index contributed by atoms with van der Waals surface area (Å²) in [6.07, 6.45) is 2.80. The molecule has 86 valence electrons. The lowest BCUT2D eigenvalue weighted by atomic mass is 10.0. The molecule has 0 aliphatic carbocycles. The van der Waals surface area contributed by atoms with Crippen LogP contribution in [-0.2, 0) is 0 Å². The molecule has 3 atom stereocenters. The lowest BCUT2D eigenvalue weighted by Crippen LogP contribution is -2.42. The van der Waals surface area contributed by atoms with Gasteiger partial charge in [0.05, 0.1) is 11.7 Å². The number of carbonyl (C=O) groups excluding carboxylic acids is 1. The van der Waals surface area contributed by atoms with Crippen molar-refractivity contribution in [2.45, 2.75) is 25.4 Å². The molecule has 4 nitrogen and oxygen atoms in total. The van der Waals surface area contributed by atoms with Gasteiger partial charge in [-0.3, -0.25) is 9.78 Å². The Balaban J connectivity index is 1.86. The highest BCUT2D eigenvalue weighted by Gasteiger charge is 2.44. The third-order valence-electron chi connectivity index (χ3n) is 3.66. The minimum absolute atomic E-state index is 0.159. The van der Waals surface area contributed by atoms with Crippen molar-refractivity contribution < 1.29 is 4.79 Å². The maximum Gasteiger partial charge on any atom is 0.266 e. The molecule has 1 amide bonds. The highest BCUT2D eigenvalue weighted by molar-refractivity contribution is 7.11. The topological polar surface area (TPSA) is 45.2 Å². The van der Waals surface area contributed by atoms with Crippen LogP contribution in [0.2, 0.25) is 0 Å². The van der Waals surface area contributed by atoms with Gasteiger partial charge in [0.25, 0.3) is 5.91 Å². The first kappa shape index (κ1) is 10.2. The van der Waals surface area contributed by atoms with E-state index in [9.17, 15) is 4.79 Å². The van der Waals surface area contributed by atoms with Gasteiger partial charge in [-0.15, -0.1) is 11.3 Å². The van der Waals surface area contributed by atoms with E-state index in [2.05, 4.69) is 22.1 Å². The first-order valence-electron chi connectivity index (χ1n) is 5.69. The number of nitrogens with one attached hydrogen (secondary N) is 1. The van der Waals surface area contributed by atoms with E-state index in [0.29, 0.717) is 18.0 Å². The third-order valence-corrected chi connectivity index (χ3v) is 4.42. The molecule has 0 bridgehead atoms. The first-order chi connectivity index (χ1) is 7.77. The van der Waals surface area contributed by atoms with E-state index in [4.69, 9.17) is 0 Å². The number of nitrogens with zero attached hydrogens (tertiary/aromatic N) is 2. The maximum atomic E-state index is 12.3. The lowest BCUT2D eigenvalue weighted by Gasteiger charge is -2.26. The Labute approximate surface area is 98.7 Å². The fourth-order valence-electron chi connectivity index (χ4n) is 2.96. The van der Waals surface area contributed by atoms with Gasteiger partial charge in [-0.05, 0) is 19.3 Å². The summed E-state index contributed by atoms with van der Waals surface area (Å²) in [7, 11) is 0. The van der Waals surface area contributed by atoms with Gasteiger partial charge in [0, 0.05) is 25.2 Å². The molecule has 3 rings (SSSR count). The van der Waals surface area contributed by atoms with Gasteiger partial charge in [0.2, 0.25) is 0 Å². The number of hydrogen-bond acceptors (Lipinski definition) is 4. The molecular weight excluding hydrogens is 222 g/mol. The van der Waals surface area contributed by atoms with Crippen molar-refractivity contribution in [1.82, 2.24) is 15.2 Å². The second-order valence-corrected chi connectivity index (χ2v) is 5.53. The molecule has 1 aromatic heterocycles. The summed E-state index contributed by atoms with van der Waals surface area (Å²) in [5, 5.41) is 3.37. The third kappa shape index (κ3) is 1.46. The monoisotopic (exact) mass is 237 g/mol. The van der Waals surface area contributed by atoms with Crippen LogP contribution in [0.5, 0.6) is 0 Å². The molecule has 0 spiro atoms. The van der Waals surface area contributed by atoms with Gasteiger partial charge >= 0.3 is 0 Å². The van der Waals surface area contributed by atoms with Crippen LogP contribution in [0.15, 0.2) is 11.7 Å². The molecule has 5 heteroatoms. The minimum atomic E-state index is 0.159. The van der Waals surface area contributed by atoms with E-state index in [1.54, 1.807) is 11.7 Å². The number of likely N-dealkylation sites (tertiary alicyclic amines) is 1. The number of thiazole rings is 1. The zero-order chi connectivity index (χ0) is 11.1. The Morgan fingerprint density at radius 2 is 2.50 bits per heavy atom. The van der Waals surface area contributed by atoms with E-state index in [1.807, 2.05) is 0 Å². The minimum Gasteiger partial charge on any atom is -0.331 e. The quantitative estimate of drug-likeness (QED) is 0.791. The second-order valence-electron chi connectivity index (χ2n) is 4.65. The van der Waals surface area contributed by atoms with Crippen molar-refractivity contribution in [1.29, 1.82) is 0 Å². The first-order valence-corrected chi connectivity index (χ1v) is 6.57. The molecule has 1 aromatic rings. The summed E-state index contributed by atoms with van der Waals surface area (Å²) in [5.41, 5.74) is 1.72. The molecule has 2 aliphatic rings. The predicted molar refractivity (Wildman–Crippen MR) is 62.5 cm³/mol. The van der Waals surface area contributed by atoms with E-state index < -0.39 is 0 Å². The standard InChI is InChI=1S/C11H15N3OS/c1-7-2-8-3-12-4-9(8)14(7)11(15)10-5-13-6-16-10/h5-9,12H,2-4H2,1H3. The van der Waals surface area contributed by atoms with E-state index in [-0.39, 0.29) is 5.91 Å². The van der Waals surface area contributed by atoms with Crippen LogP contribution < -0.4 is 5.32 Å². The van der Waals surface area contributed by atoms with Gasteiger partial charge in [0.15, 0.2) is 0 Å². The van der Waals surface area contributed by atoms with Gasteiger partial charge in [0.1, 0.15) is 4.88 Å². The van der Waals surface area contributed by atoms with Crippen molar-refractivity contribution in [3.05, 3.63) is 16.6 Å². The number of fused-ring (bicyclic) bond motifs is 1. The highest BCUT2D eigenvalue weighted by Crippen LogP contribution is 2.33. The highest BCUT2D eigenvalue weighted by atomic mass is 32.1. The van der Waals surface area contributed by atoms with Gasteiger partial charge in [-0.1, -0.05) is 0 Å². The Morgan fingerprint density at radius 3 is 3.25 bits per heavy atom. The summed E-state index contributed by atoms with van der Waals surface area (Å²) < 4.78 is 0. The fourth-order valence-corrected chi connectivity index (χ4v) is 3.53. The molecule has 3 unspecified atom stereocenters. The molecule has 3 heterocycles. The van der Waals surface area contributed by atoms with Crippen LogP contribution in [0.3, 0.4) is 0 Å². The Kier molecular flexibility index (Phi) is 2.44. The van der Waals surface area contributed by atoms with Crippen LogP contribution in [0.4, 0.5) is 0 Å². The largest absolute Gasteiger partial charge is 0.331 e. The Morgan fingerprint density at radius 1 is 1.62 bits per heavy atom. The van der Waals surface area contributed by atoms with Crippen LogP contribution in [0.1, 0.15) is 23.0 Å². The molecule has 2 fully saturated rings. The van der Waals surface area contributed by atoms with Gasteiger partial charge in [-0.25, -0.2) is 0 Å². The second kappa shape index (κ2) is 3.82. The molecule has 0 aromatic carbocycles. The number of aromatic nitrogens is 1. The molecule has 1 N–H and O–H groups in total. The molecule has 16 heavy (non-hydrogen) atoms. The fraction of sp³-hybridized carbons (Fsp3) is 0.636. The van der Waals surface area contributed by atoms with Crippen molar-refractivity contribution in [3.63, 3.8) is 0 Å². The average molecular weight is 237 g/mol. The SMILES string of the molecule is CC1CC2CNCC2N1C(=O)c1cncs1. The maximum absolute atomic E-state index is 12.3.